The Kier molecular flexibility index (Phi) is 3.28. The first-order valence-corrected chi connectivity index (χ1v) is 5.54. The predicted molar refractivity (Wildman–Crippen MR) is 64.8 cm³/mol. The van der Waals surface area contributed by atoms with Crippen molar-refractivity contribution in [2.75, 3.05) is 6.61 Å². The smallest absolute Gasteiger partial charge is 0.338 e. The van der Waals surface area contributed by atoms with Crippen molar-refractivity contribution in [3.8, 4) is 11.3 Å². The number of hydrogen-bond acceptors (Lipinski definition) is 3. The van der Waals surface area contributed by atoms with Gasteiger partial charge in [-0.25, -0.2) is 4.79 Å². The molecule has 2 rings (SSSR count). The molecule has 3 heteroatoms. The van der Waals surface area contributed by atoms with E-state index in [0.717, 1.165) is 16.9 Å². The highest BCUT2D eigenvalue weighted by Gasteiger charge is 2.11. The van der Waals surface area contributed by atoms with Gasteiger partial charge in [0.2, 0.25) is 0 Å². The molecule has 0 spiro atoms. The van der Waals surface area contributed by atoms with Crippen molar-refractivity contribution in [3.63, 3.8) is 0 Å². The zero-order valence-electron chi connectivity index (χ0n) is 9.90. The first kappa shape index (κ1) is 11.5. The first-order chi connectivity index (χ1) is 8.22. The largest absolute Gasteiger partial charge is 0.464 e. The number of hydrogen-bond donors (Lipinski definition) is 0. The van der Waals surface area contributed by atoms with Crippen LogP contribution in [0.4, 0.5) is 0 Å². The molecule has 0 saturated carbocycles. The summed E-state index contributed by atoms with van der Waals surface area (Å²) in [4.78, 5) is 11.6. The van der Waals surface area contributed by atoms with Gasteiger partial charge in [-0.2, -0.15) is 0 Å². The number of aryl methyl sites for hydroxylation is 1. The molecule has 88 valence electrons. The van der Waals surface area contributed by atoms with Crippen LogP contribution in [-0.2, 0) is 4.74 Å². The predicted octanol–water partition coefficient (Wildman–Crippen LogP) is 3.43. The number of furan rings is 1. The quantitative estimate of drug-likeness (QED) is 0.758. The van der Waals surface area contributed by atoms with E-state index in [2.05, 4.69) is 0 Å². The number of rotatable bonds is 3. The van der Waals surface area contributed by atoms with Crippen molar-refractivity contribution >= 4 is 5.97 Å². The Morgan fingerprint density at radius 1 is 1.35 bits per heavy atom. The molecule has 0 saturated heterocycles. The van der Waals surface area contributed by atoms with Crippen LogP contribution in [0.25, 0.3) is 11.3 Å². The van der Waals surface area contributed by atoms with Crippen LogP contribution in [0.2, 0.25) is 0 Å². The van der Waals surface area contributed by atoms with Crippen molar-refractivity contribution < 1.29 is 13.9 Å². The van der Waals surface area contributed by atoms with Gasteiger partial charge < -0.3 is 9.15 Å². The maximum atomic E-state index is 11.6. The fourth-order valence-electron chi connectivity index (χ4n) is 1.66. The number of ether oxygens (including phenoxy) is 1. The van der Waals surface area contributed by atoms with E-state index in [1.807, 2.05) is 25.1 Å². The van der Waals surface area contributed by atoms with E-state index in [1.165, 1.54) is 0 Å². The molecule has 0 amide bonds. The molecule has 0 bridgehead atoms. The third-order valence-electron chi connectivity index (χ3n) is 2.54. The minimum atomic E-state index is -0.305. The molecule has 3 nitrogen and oxygen atoms in total. The number of benzene rings is 1. The van der Waals surface area contributed by atoms with Gasteiger partial charge in [-0.3, -0.25) is 0 Å². The zero-order chi connectivity index (χ0) is 12.3. The summed E-state index contributed by atoms with van der Waals surface area (Å²) in [6.45, 7) is 4.15. The van der Waals surface area contributed by atoms with Gasteiger partial charge in [-0.15, -0.1) is 0 Å². The van der Waals surface area contributed by atoms with E-state index in [4.69, 9.17) is 9.15 Å². The molecule has 0 atom stereocenters. The topological polar surface area (TPSA) is 39.4 Å². The van der Waals surface area contributed by atoms with Crippen LogP contribution in [0.5, 0.6) is 0 Å². The van der Waals surface area contributed by atoms with Gasteiger partial charge in [0, 0.05) is 5.56 Å². The van der Waals surface area contributed by atoms with Crippen LogP contribution in [0.1, 0.15) is 22.8 Å². The fourth-order valence-corrected chi connectivity index (χ4v) is 1.66. The van der Waals surface area contributed by atoms with Gasteiger partial charge in [0.15, 0.2) is 0 Å². The van der Waals surface area contributed by atoms with Crippen LogP contribution in [-0.4, -0.2) is 12.6 Å². The van der Waals surface area contributed by atoms with Crippen LogP contribution < -0.4 is 0 Å². The molecule has 0 aliphatic rings. The molecule has 0 aliphatic heterocycles. The molecular weight excluding hydrogens is 216 g/mol. The first-order valence-electron chi connectivity index (χ1n) is 5.54. The van der Waals surface area contributed by atoms with Crippen molar-refractivity contribution in [2.45, 2.75) is 13.8 Å². The third-order valence-corrected chi connectivity index (χ3v) is 2.54. The maximum Gasteiger partial charge on any atom is 0.338 e. The summed E-state index contributed by atoms with van der Waals surface area (Å²) in [7, 11) is 0. The summed E-state index contributed by atoms with van der Waals surface area (Å²) < 4.78 is 10.3. The minimum absolute atomic E-state index is 0.305. The monoisotopic (exact) mass is 230 g/mol. The van der Waals surface area contributed by atoms with Crippen molar-refractivity contribution in [1.29, 1.82) is 0 Å². The molecule has 1 heterocycles. The summed E-state index contributed by atoms with van der Waals surface area (Å²) in [5.41, 5.74) is 2.53. The minimum Gasteiger partial charge on any atom is -0.464 e. The van der Waals surface area contributed by atoms with Crippen molar-refractivity contribution in [2.24, 2.45) is 0 Å². The second-order valence-electron chi connectivity index (χ2n) is 3.73. The van der Waals surface area contributed by atoms with E-state index in [1.54, 1.807) is 25.3 Å². The number of carbonyl (C=O) groups excluding carboxylic acids is 1. The molecule has 0 unspecified atom stereocenters. The van der Waals surface area contributed by atoms with E-state index in [0.29, 0.717) is 12.2 Å². The Morgan fingerprint density at radius 2 is 2.18 bits per heavy atom. The normalized spacial score (nSPS) is 10.2. The van der Waals surface area contributed by atoms with E-state index in [9.17, 15) is 4.79 Å². The Balaban J connectivity index is 2.40. The van der Waals surface area contributed by atoms with Crippen LogP contribution in [0.15, 0.2) is 41.0 Å². The summed E-state index contributed by atoms with van der Waals surface area (Å²) in [6, 6.07) is 9.15. The van der Waals surface area contributed by atoms with Crippen LogP contribution in [0, 0.1) is 6.92 Å². The second-order valence-corrected chi connectivity index (χ2v) is 3.73. The molecule has 1 aromatic carbocycles. The standard InChI is InChI=1S/C14H14O3/c1-3-16-14(15)11-7-6-10(2)12(9-11)13-5-4-8-17-13/h4-9H,3H2,1-2H3. The fraction of sp³-hybridized carbons (Fsp3) is 0.214. The number of esters is 1. The highest BCUT2D eigenvalue weighted by Crippen LogP contribution is 2.25. The highest BCUT2D eigenvalue weighted by atomic mass is 16.5. The highest BCUT2D eigenvalue weighted by molar-refractivity contribution is 5.91. The van der Waals surface area contributed by atoms with Crippen LogP contribution >= 0.6 is 0 Å². The summed E-state index contributed by atoms with van der Waals surface area (Å²) in [5.74, 6) is 0.453. The maximum absolute atomic E-state index is 11.6. The molecule has 0 radical (unpaired) electrons. The van der Waals surface area contributed by atoms with Gasteiger partial charge in [0.25, 0.3) is 0 Å². The lowest BCUT2D eigenvalue weighted by atomic mass is 10.0. The van der Waals surface area contributed by atoms with Crippen molar-refractivity contribution in [1.82, 2.24) is 0 Å². The zero-order valence-corrected chi connectivity index (χ0v) is 9.90. The number of carbonyl (C=O) groups is 1. The van der Waals surface area contributed by atoms with Gasteiger partial charge in [-0.05, 0) is 43.7 Å². The van der Waals surface area contributed by atoms with Crippen molar-refractivity contribution in [3.05, 3.63) is 47.7 Å². The van der Waals surface area contributed by atoms with Gasteiger partial charge in [0.05, 0.1) is 18.4 Å². The molecule has 2 aromatic rings. The average molecular weight is 230 g/mol. The van der Waals surface area contributed by atoms with Gasteiger partial charge in [0.1, 0.15) is 5.76 Å². The molecular formula is C14H14O3. The van der Waals surface area contributed by atoms with E-state index < -0.39 is 0 Å². The Labute approximate surface area is 100 Å². The third kappa shape index (κ3) is 2.38. The SMILES string of the molecule is CCOC(=O)c1ccc(C)c(-c2ccco2)c1. The Morgan fingerprint density at radius 3 is 2.82 bits per heavy atom. The molecule has 17 heavy (non-hydrogen) atoms. The molecule has 0 N–H and O–H groups in total. The molecule has 0 fully saturated rings. The van der Waals surface area contributed by atoms with E-state index in [-0.39, 0.29) is 5.97 Å². The lowest BCUT2D eigenvalue weighted by Gasteiger charge is -2.06. The summed E-state index contributed by atoms with van der Waals surface area (Å²) in [6.07, 6.45) is 1.62. The average Bonchev–Trinajstić information content (AvgIpc) is 2.83. The van der Waals surface area contributed by atoms with Gasteiger partial charge >= 0.3 is 5.97 Å². The van der Waals surface area contributed by atoms with Gasteiger partial charge in [-0.1, -0.05) is 6.07 Å². The van der Waals surface area contributed by atoms with Crippen LogP contribution in [0.3, 0.4) is 0 Å². The Hall–Kier alpha value is -2.03. The lowest BCUT2D eigenvalue weighted by molar-refractivity contribution is 0.0526. The Bertz CT molecular complexity index is 512. The summed E-state index contributed by atoms with van der Waals surface area (Å²) >= 11 is 0. The second kappa shape index (κ2) is 4.87. The van der Waals surface area contributed by atoms with E-state index >= 15 is 0 Å². The summed E-state index contributed by atoms with van der Waals surface area (Å²) in [5, 5.41) is 0. The molecule has 0 aliphatic carbocycles. The molecule has 1 aromatic heterocycles. The lowest BCUT2D eigenvalue weighted by Crippen LogP contribution is -2.04.